The number of hydrogen-bond donors (Lipinski definition) is 2. The average Bonchev–Trinajstić information content (AvgIpc) is 3.25. The van der Waals surface area contributed by atoms with Crippen molar-refractivity contribution < 1.29 is 5.11 Å². The fourth-order valence-corrected chi connectivity index (χ4v) is 6.09. The highest BCUT2D eigenvalue weighted by atomic mass is 16.3. The second-order valence-corrected chi connectivity index (χ2v) is 11.3. The normalized spacial score (nSPS) is 22.7. The van der Waals surface area contributed by atoms with E-state index in [1.54, 1.807) is 0 Å². The van der Waals surface area contributed by atoms with E-state index in [2.05, 4.69) is 66.1 Å². The van der Waals surface area contributed by atoms with Crippen LogP contribution in [0.3, 0.4) is 0 Å². The molecule has 2 N–H and O–H groups in total. The zero-order chi connectivity index (χ0) is 25.1. The maximum absolute atomic E-state index is 10.1. The van der Waals surface area contributed by atoms with Crippen LogP contribution >= 0.6 is 0 Å². The number of aliphatic hydroxyl groups excluding tert-OH is 1. The van der Waals surface area contributed by atoms with Gasteiger partial charge in [0.25, 0.3) is 0 Å². The lowest BCUT2D eigenvalue weighted by molar-refractivity contribution is 0.111. The summed E-state index contributed by atoms with van der Waals surface area (Å²) in [4.78, 5) is 12.2. The van der Waals surface area contributed by atoms with Crippen molar-refractivity contribution in [2.45, 2.75) is 89.8 Å². The highest BCUT2D eigenvalue weighted by molar-refractivity contribution is 5.94. The molecule has 0 bridgehead atoms. The zero-order valence-corrected chi connectivity index (χ0v) is 22.3. The number of aliphatic hydroxyl groups is 1. The molecule has 3 heterocycles. The molecule has 6 heteroatoms. The predicted molar refractivity (Wildman–Crippen MR) is 148 cm³/mol. The van der Waals surface area contributed by atoms with Crippen LogP contribution in [0.4, 0.5) is 5.95 Å². The van der Waals surface area contributed by atoms with E-state index in [9.17, 15) is 5.11 Å². The summed E-state index contributed by atoms with van der Waals surface area (Å²) in [6.45, 7) is 6.83. The Labute approximate surface area is 216 Å². The third-order valence-electron chi connectivity index (χ3n) is 8.36. The van der Waals surface area contributed by atoms with Crippen molar-refractivity contribution in [3.05, 3.63) is 42.2 Å². The van der Waals surface area contributed by atoms with Crippen molar-refractivity contribution in [3.8, 4) is 11.1 Å². The fraction of sp³-hybridized carbons (Fsp3) is 0.600. The molecule has 194 valence electrons. The third kappa shape index (κ3) is 5.76. The quantitative estimate of drug-likeness (QED) is 0.403. The largest absolute Gasteiger partial charge is 0.393 e. The van der Waals surface area contributed by atoms with E-state index in [1.165, 1.54) is 49.0 Å². The Kier molecular flexibility index (Phi) is 7.92. The molecule has 0 amide bonds. The lowest BCUT2D eigenvalue weighted by Crippen LogP contribution is -2.30. The van der Waals surface area contributed by atoms with Gasteiger partial charge >= 0.3 is 0 Å². The van der Waals surface area contributed by atoms with Crippen LogP contribution in [-0.4, -0.2) is 56.8 Å². The molecule has 3 aromatic rings. The van der Waals surface area contributed by atoms with Crippen LogP contribution in [0.5, 0.6) is 0 Å². The summed E-state index contributed by atoms with van der Waals surface area (Å²) in [7, 11) is 2.23. The van der Waals surface area contributed by atoms with Crippen LogP contribution in [0.25, 0.3) is 22.2 Å². The van der Waals surface area contributed by atoms with E-state index >= 15 is 0 Å². The number of rotatable bonds is 8. The molecular weight excluding hydrogens is 446 g/mol. The van der Waals surface area contributed by atoms with E-state index in [0.29, 0.717) is 18.0 Å². The molecule has 1 aliphatic carbocycles. The van der Waals surface area contributed by atoms with Gasteiger partial charge in [0, 0.05) is 35.4 Å². The fourth-order valence-electron chi connectivity index (χ4n) is 6.09. The summed E-state index contributed by atoms with van der Waals surface area (Å²) in [5.41, 5.74) is 4.87. The van der Waals surface area contributed by atoms with Crippen LogP contribution in [0.2, 0.25) is 0 Å². The smallest absolute Gasteiger partial charge is 0.224 e. The monoisotopic (exact) mass is 489 g/mol. The third-order valence-corrected chi connectivity index (χ3v) is 8.36. The lowest BCUT2D eigenvalue weighted by atomic mass is 9.90. The Hall–Kier alpha value is -2.44. The number of hydrogen-bond acceptors (Lipinski definition) is 5. The molecule has 2 aromatic heterocycles. The van der Waals surface area contributed by atoms with Crippen molar-refractivity contribution in [1.82, 2.24) is 19.4 Å². The van der Waals surface area contributed by atoms with Gasteiger partial charge in [-0.25, -0.2) is 4.98 Å². The summed E-state index contributed by atoms with van der Waals surface area (Å²) in [5, 5.41) is 14.7. The van der Waals surface area contributed by atoms with E-state index < -0.39 is 0 Å². The van der Waals surface area contributed by atoms with Crippen molar-refractivity contribution in [2.24, 2.45) is 5.92 Å². The molecule has 1 saturated carbocycles. The van der Waals surface area contributed by atoms with Crippen LogP contribution in [0, 0.1) is 5.92 Å². The Morgan fingerprint density at radius 1 is 1.06 bits per heavy atom. The molecular formula is C30H43N5O. The van der Waals surface area contributed by atoms with Crippen molar-refractivity contribution >= 4 is 17.0 Å². The number of aromatic nitrogens is 3. The number of nitrogens with zero attached hydrogens (tertiary/aromatic N) is 4. The second-order valence-electron chi connectivity index (χ2n) is 11.3. The summed E-state index contributed by atoms with van der Waals surface area (Å²) >= 11 is 0. The van der Waals surface area contributed by atoms with Gasteiger partial charge in [-0.1, -0.05) is 37.6 Å². The first-order valence-corrected chi connectivity index (χ1v) is 14.1. The molecule has 0 unspecified atom stereocenters. The minimum atomic E-state index is -0.165. The Balaban J connectivity index is 1.42. The second kappa shape index (κ2) is 11.3. The van der Waals surface area contributed by atoms with Crippen LogP contribution < -0.4 is 5.32 Å². The molecule has 1 atom stereocenters. The Bertz CT molecular complexity index is 1120. The number of fused-ring (bicyclic) bond motifs is 1. The van der Waals surface area contributed by atoms with Gasteiger partial charge < -0.3 is 19.9 Å². The molecule has 0 radical (unpaired) electrons. The molecule has 2 aliphatic rings. The summed E-state index contributed by atoms with van der Waals surface area (Å²) in [6.07, 6.45) is 13.8. The summed E-state index contributed by atoms with van der Waals surface area (Å²) in [6, 6.07) is 9.91. The van der Waals surface area contributed by atoms with E-state index in [-0.39, 0.29) is 6.10 Å². The summed E-state index contributed by atoms with van der Waals surface area (Å²) < 4.78 is 2.36. The maximum Gasteiger partial charge on any atom is 0.224 e. The maximum atomic E-state index is 10.1. The van der Waals surface area contributed by atoms with Gasteiger partial charge in [0.1, 0.15) is 5.65 Å². The van der Waals surface area contributed by atoms with Gasteiger partial charge in [0.15, 0.2) is 0 Å². The first-order valence-electron chi connectivity index (χ1n) is 14.1. The standard InChI is InChI=1S/C30H43N5O/c1-4-5-21(2)32-30-31-19-27-28(20-35(29(27)33-30)25-10-12-26(36)13-11-25)24-8-6-22(7-9-24)18-23-14-16-34(3)17-15-23/h6-9,19-21,23,25-26,36H,4-5,10-18H2,1-3H3,(H,31,32,33)/t21-,25-,26-/m1/s1. The van der Waals surface area contributed by atoms with Gasteiger partial charge in [-0.2, -0.15) is 4.98 Å². The van der Waals surface area contributed by atoms with Crippen molar-refractivity contribution in [1.29, 1.82) is 0 Å². The number of likely N-dealkylation sites (tertiary alicyclic amines) is 1. The van der Waals surface area contributed by atoms with Crippen LogP contribution in [0.15, 0.2) is 36.7 Å². The minimum absolute atomic E-state index is 0.165. The molecule has 0 spiro atoms. The van der Waals surface area contributed by atoms with Crippen molar-refractivity contribution in [2.75, 3.05) is 25.5 Å². The summed E-state index contributed by atoms with van der Waals surface area (Å²) in [5.74, 6) is 1.50. The van der Waals surface area contributed by atoms with Crippen LogP contribution in [-0.2, 0) is 6.42 Å². The molecule has 5 rings (SSSR count). The number of piperidine rings is 1. The molecule has 1 aromatic carbocycles. The van der Waals surface area contributed by atoms with Gasteiger partial charge in [-0.05, 0) is 95.5 Å². The number of nitrogens with one attached hydrogen (secondary N) is 1. The average molecular weight is 490 g/mol. The lowest BCUT2D eigenvalue weighted by Gasteiger charge is -2.29. The molecule has 2 fully saturated rings. The SMILES string of the molecule is CCC[C@@H](C)Nc1ncc2c(-c3ccc(CC4CCN(C)CC4)cc3)cn([C@H]3CC[C@H](O)CC3)c2n1. The first-order chi connectivity index (χ1) is 17.5. The van der Waals surface area contributed by atoms with E-state index in [0.717, 1.165) is 55.5 Å². The highest BCUT2D eigenvalue weighted by Crippen LogP contribution is 2.37. The molecule has 1 aliphatic heterocycles. The highest BCUT2D eigenvalue weighted by Gasteiger charge is 2.24. The topological polar surface area (TPSA) is 66.2 Å². The molecule has 1 saturated heterocycles. The molecule has 36 heavy (non-hydrogen) atoms. The number of benzene rings is 1. The Morgan fingerprint density at radius 3 is 2.47 bits per heavy atom. The van der Waals surface area contributed by atoms with Crippen molar-refractivity contribution in [3.63, 3.8) is 0 Å². The predicted octanol–water partition coefficient (Wildman–Crippen LogP) is 6.06. The zero-order valence-electron chi connectivity index (χ0n) is 22.3. The van der Waals surface area contributed by atoms with Gasteiger partial charge in [0.2, 0.25) is 5.95 Å². The molecule has 6 nitrogen and oxygen atoms in total. The van der Waals surface area contributed by atoms with E-state index in [4.69, 9.17) is 9.97 Å². The van der Waals surface area contributed by atoms with Crippen LogP contribution in [0.1, 0.15) is 76.8 Å². The van der Waals surface area contributed by atoms with Gasteiger partial charge in [-0.15, -0.1) is 0 Å². The Morgan fingerprint density at radius 2 is 1.78 bits per heavy atom. The van der Waals surface area contributed by atoms with E-state index in [1.807, 2.05) is 6.20 Å². The minimum Gasteiger partial charge on any atom is -0.393 e. The van der Waals surface area contributed by atoms with Gasteiger partial charge in [0.05, 0.1) is 6.10 Å². The van der Waals surface area contributed by atoms with Gasteiger partial charge in [-0.3, -0.25) is 0 Å². The first kappa shape index (κ1) is 25.2. The number of anilines is 1.